The molecular formula is C52H56N16. The van der Waals surface area contributed by atoms with Crippen molar-refractivity contribution in [2.75, 3.05) is 34.7 Å². The van der Waals surface area contributed by atoms with Gasteiger partial charge in [0.25, 0.3) is 0 Å². The highest BCUT2D eigenvalue weighted by molar-refractivity contribution is 5.57. The van der Waals surface area contributed by atoms with E-state index in [1.165, 1.54) is 5.56 Å². The first kappa shape index (κ1) is 53.5. The smallest absolute Gasteiger partial charge is 0.113 e. The SMILES string of the molecule is C#CCN(C)C.C#Cc1ccccc1.CN(C)Cc1cn(Cc2ccccc2)nn1.[N-]=[N+]=NCc1ccccc1.[N-]=[N+]=NCc1ccccn1.c1ccc(-c2cn(Cc3ccccn3)nn2)cc1. The molecular weight excluding hydrogens is 849 g/mol. The van der Waals surface area contributed by atoms with Gasteiger partial charge in [-0.3, -0.25) is 14.9 Å². The van der Waals surface area contributed by atoms with Crippen LogP contribution in [0.15, 0.2) is 193 Å². The molecule has 68 heavy (non-hydrogen) atoms. The van der Waals surface area contributed by atoms with Crippen molar-refractivity contribution in [2.45, 2.75) is 32.7 Å². The predicted molar refractivity (Wildman–Crippen MR) is 270 cm³/mol. The minimum absolute atomic E-state index is 0.331. The first-order chi connectivity index (χ1) is 33.2. The highest BCUT2D eigenvalue weighted by Gasteiger charge is 2.04. The summed E-state index contributed by atoms with van der Waals surface area (Å²) in [5.41, 5.74) is 23.9. The Morgan fingerprint density at radius 2 is 1.06 bits per heavy atom. The number of hydrogen-bond acceptors (Lipinski definition) is 10. The maximum Gasteiger partial charge on any atom is 0.113 e. The highest BCUT2D eigenvalue weighted by Crippen LogP contribution is 2.15. The van der Waals surface area contributed by atoms with Gasteiger partial charge in [-0.2, -0.15) is 0 Å². The van der Waals surface area contributed by atoms with E-state index < -0.39 is 0 Å². The molecule has 8 rings (SSSR count). The summed E-state index contributed by atoms with van der Waals surface area (Å²) in [4.78, 5) is 17.5. The van der Waals surface area contributed by atoms with Gasteiger partial charge in [0.05, 0.1) is 56.5 Å². The van der Waals surface area contributed by atoms with Crippen molar-refractivity contribution < 1.29 is 0 Å². The van der Waals surface area contributed by atoms with Crippen molar-refractivity contribution in [3.05, 3.63) is 237 Å². The third-order valence-corrected chi connectivity index (χ3v) is 8.44. The Morgan fingerprint density at radius 3 is 1.56 bits per heavy atom. The van der Waals surface area contributed by atoms with Crippen molar-refractivity contribution >= 4 is 0 Å². The van der Waals surface area contributed by atoms with Crippen LogP contribution in [0.3, 0.4) is 0 Å². The number of rotatable bonds is 12. The van der Waals surface area contributed by atoms with Crippen LogP contribution in [0, 0.1) is 24.7 Å². The molecule has 0 atom stereocenters. The van der Waals surface area contributed by atoms with Gasteiger partial charge in [-0.15, -0.1) is 23.0 Å². The standard InChI is InChI=1S/C14H12N4.C12H16N4.C8H6.C7H7N3.C6H6N4.C5H9N/c1-2-6-12(7-3-1)14-11-18(17-16-14)10-13-8-4-5-9-15-13;1-15(2)9-12-10-16(14-13-12)8-11-6-4-3-5-7-11;1-2-8-6-4-3-5-7-8;8-10-9-6-7-4-2-1-3-5-7;7-10-9-5-6-3-1-2-4-8-6;1-4-5-6(2)3/h1-9,11H,10H2;3-7,10H,8-9H2,1-2H3;1,3-7H;1-5H,6H2;1-4H,5H2;1H,5H2,2-3H3. The molecule has 0 aliphatic carbocycles. The Morgan fingerprint density at radius 1 is 0.544 bits per heavy atom. The second-order valence-electron chi connectivity index (χ2n) is 14.7. The number of terminal acetylenes is 2. The van der Waals surface area contributed by atoms with E-state index in [0.717, 1.165) is 59.1 Å². The van der Waals surface area contributed by atoms with Crippen LogP contribution in [0.5, 0.6) is 0 Å². The van der Waals surface area contributed by atoms with Crippen molar-refractivity contribution in [1.29, 1.82) is 0 Å². The lowest BCUT2D eigenvalue weighted by Gasteiger charge is -2.04. The number of pyridine rings is 2. The predicted octanol–water partition coefficient (Wildman–Crippen LogP) is 10.0. The second kappa shape index (κ2) is 33.6. The van der Waals surface area contributed by atoms with Crippen LogP contribution < -0.4 is 0 Å². The Balaban J connectivity index is 0.000000225. The van der Waals surface area contributed by atoms with Crippen LogP contribution in [-0.2, 0) is 32.7 Å². The van der Waals surface area contributed by atoms with Crippen LogP contribution >= 0.6 is 0 Å². The molecule has 4 aromatic carbocycles. The highest BCUT2D eigenvalue weighted by atomic mass is 15.4. The molecule has 16 heteroatoms. The van der Waals surface area contributed by atoms with Gasteiger partial charge < -0.3 is 4.90 Å². The van der Waals surface area contributed by atoms with E-state index in [1.54, 1.807) is 17.1 Å². The monoisotopic (exact) mass is 904 g/mol. The molecule has 0 spiro atoms. The second-order valence-corrected chi connectivity index (χ2v) is 14.7. The third-order valence-electron chi connectivity index (χ3n) is 8.44. The molecule has 4 heterocycles. The maximum atomic E-state index is 7.99. The minimum atomic E-state index is 0.331. The fourth-order valence-corrected chi connectivity index (χ4v) is 5.37. The van der Waals surface area contributed by atoms with Gasteiger partial charge in [-0.1, -0.05) is 154 Å². The summed E-state index contributed by atoms with van der Waals surface area (Å²) < 4.78 is 3.67. The molecule has 0 fully saturated rings. The Hall–Kier alpha value is -8.88. The van der Waals surface area contributed by atoms with E-state index in [0.29, 0.717) is 19.6 Å². The number of benzene rings is 4. The van der Waals surface area contributed by atoms with E-state index in [9.17, 15) is 0 Å². The lowest BCUT2D eigenvalue weighted by atomic mass is 10.2. The van der Waals surface area contributed by atoms with Crippen LogP contribution in [0.4, 0.5) is 0 Å². The zero-order chi connectivity index (χ0) is 48.9. The molecule has 0 saturated heterocycles. The maximum absolute atomic E-state index is 7.99. The van der Waals surface area contributed by atoms with Gasteiger partial charge in [-0.25, -0.2) is 9.36 Å². The normalized spacial score (nSPS) is 9.47. The Kier molecular flexibility index (Phi) is 26.4. The fourth-order valence-electron chi connectivity index (χ4n) is 5.37. The molecule has 344 valence electrons. The summed E-state index contributed by atoms with van der Waals surface area (Å²) in [5.74, 6) is 5.02. The van der Waals surface area contributed by atoms with E-state index in [2.05, 4.69) is 79.5 Å². The largest absolute Gasteiger partial charge is 0.303 e. The summed E-state index contributed by atoms with van der Waals surface area (Å²) in [6.45, 7) is 3.76. The summed E-state index contributed by atoms with van der Waals surface area (Å²) in [7, 11) is 7.94. The number of hydrogen-bond donors (Lipinski definition) is 0. The average molecular weight is 905 g/mol. The van der Waals surface area contributed by atoms with E-state index >= 15 is 0 Å². The summed E-state index contributed by atoms with van der Waals surface area (Å²) in [5, 5.41) is 23.3. The zero-order valence-electron chi connectivity index (χ0n) is 38.9. The lowest BCUT2D eigenvalue weighted by molar-refractivity contribution is 0.396. The quantitative estimate of drug-likeness (QED) is 0.0500. The first-order valence-electron chi connectivity index (χ1n) is 21.2. The fraction of sp³-hybridized carbons (Fsp3) is 0.192. The summed E-state index contributed by atoms with van der Waals surface area (Å²) in [6, 6.07) is 50.8. The Bertz CT molecular complexity index is 2650. The topological polar surface area (TPSA) is 191 Å². The van der Waals surface area contributed by atoms with Crippen LogP contribution in [-0.4, -0.2) is 84.5 Å². The average Bonchev–Trinajstić information content (AvgIpc) is 4.04. The van der Waals surface area contributed by atoms with Crippen LogP contribution in [0.1, 0.15) is 33.8 Å². The van der Waals surface area contributed by atoms with Gasteiger partial charge >= 0.3 is 0 Å². The molecule has 0 saturated carbocycles. The van der Waals surface area contributed by atoms with Crippen molar-refractivity contribution in [1.82, 2.24) is 49.8 Å². The molecule has 0 aliphatic rings. The number of aromatic nitrogens is 8. The van der Waals surface area contributed by atoms with Gasteiger partial charge in [0.15, 0.2) is 0 Å². The molecule has 0 radical (unpaired) electrons. The minimum Gasteiger partial charge on any atom is -0.303 e. The third kappa shape index (κ3) is 24.3. The molecule has 8 aromatic rings. The zero-order valence-corrected chi connectivity index (χ0v) is 38.9. The van der Waals surface area contributed by atoms with E-state index in [-0.39, 0.29) is 0 Å². The summed E-state index contributed by atoms with van der Waals surface area (Å²) in [6.07, 6.45) is 17.4. The molecule has 16 nitrogen and oxygen atoms in total. The van der Waals surface area contributed by atoms with Gasteiger partial charge in [0, 0.05) is 45.6 Å². The van der Waals surface area contributed by atoms with Gasteiger partial charge in [-0.05, 0) is 86.8 Å². The molecule has 0 bridgehead atoms. The van der Waals surface area contributed by atoms with Crippen LogP contribution in [0.25, 0.3) is 32.1 Å². The van der Waals surface area contributed by atoms with Crippen molar-refractivity contribution in [2.24, 2.45) is 10.2 Å². The number of nitrogens with zero attached hydrogens (tertiary/aromatic N) is 16. The van der Waals surface area contributed by atoms with Gasteiger partial charge in [0.1, 0.15) is 5.69 Å². The molecule has 0 unspecified atom stereocenters. The lowest BCUT2D eigenvalue weighted by Crippen LogP contribution is -2.10. The summed E-state index contributed by atoms with van der Waals surface area (Å²) >= 11 is 0. The van der Waals surface area contributed by atoms with Crippen LogP contribution in [0.2, 0.25) is 0 Å². The Labute approximate surface area is 399 Å². The molecule has 0 aliphatic heterocycles. The van der Waals surface area contributed by atoms with Gasteiger partial charge in [0.2, 0.25) is 0 Å². The van der Waals surface area contributed by atoms with E-state index in [4.69, 9.17) is 23.9 Å². The van der Waals surface area contributed by atoms with E-state index in [1.807, 2.05) is 196 Å². The molecule has 4 aromatic heterocycles. The van der Waals surface area contributed by atoms with Crippen molar-refractivity contribution in [3.8, 4) is 35.9 Å². The number of azide groups is 2. The van der Waals surface area contributed by atoms with Crippen molar-refractivity contribution in [3.63, 3.8) is 0 Å². The first-order valence-corrected chi connectivity index (χ1v) is 21.2. The molecule has 0 N–H and O–H groups in total. The molecule has 0 amide bonds.